The van der Waals surface area contributed by atoms with Gasteiger partial charge in [0.2, 0.25) is 5.91 Å². The van der Waals surface area contributed by atoms with Crippen LogP contribution in [0.1, 0.15) is 37.7 Å². The molecular weight excluding hydrogens is 333 g/mol. The molecule has 0 aliphatic heterocycles. The molecular formula is C19H28BNO5. The zero-order chi connectivity index (χ0) is 18.9. The van der Waals surface area contributed by atoms with E-state index in [4.69, 9.17) is 14.0 Å². The SMILES string of the molecule is COB(OC)c1ccc(C[C@@H](NC(=O)CC2CCCC2)C(=O)OC)cc1. The first kappa shape index (κ1) is 20.5. The van der Waals surface area contributed by atoms with E-state index in [1.54, 1.807) is 14.2 Å². The molecule has 0 bridgehead atoms. The molecule has 1 atom stereocenters. The molecule has 0 radical (unpaired) electrons. The van der Waals surface area contributed by atoms with Crippen molar-refractivity contribution < 1.29 is 23.6 Å². The first-order chi connectivity index (χ1) is 12.6. The maximum Gasteiger partial charge on any atom is 0.493 e. The van der Waals surface area contributed by atoms with Gasteiger partial charge in [-0.1, -0.05) is 37.1 Å². The molecule has 0 heterocycles. The summed E-state index contributed by atoms with van der Waals surface area (Å²) in [4.78, 5) is 24.4. The summed E-state index contributed by atoms with van der Waals surface area (Å²) in [5, 5.41) is 2.84. The first-order valence-corrected chi connectivity index (χ1v) is 9.09. The van der Waals surface area contributed by atoms with Crippen molar-refractivity contribution in [2.45, 2.75) is 44.6 Å². The second kappa shape index (κ2) is 10.3. The lowest BCUT2D eigenvalue weighted by Crippen LogP contribution is -2.43. The Hall–Kier alpha value is -1.86. The molecule has 1 aromatic rings. The normalized spacial score (nSPS) is 15.5. The van der Waals surface area contributed by atoms with Crippen LogP contribution in [0.4, 0.5) is 0 Å². The highest BCUT2D eigenvalue weighted by molar-refractivity contribution is 6.61. The smallest absolute Gasteiger partial charge is 0.467 e. The Labute approximate surface area is 155 Å². The van der Waals surface area contributed by atoms with Gasteiger partial charge in [-0.2, -0.15) is 0 Å². The number of esters is 1. The van der Waals surface area contributed by atoms with Crippen molar-refractivity contribution in [2.75, 3.05) is 21.3 Å². The number of amides is 1. The van der Waals surface area contributed by atoms with Crippen LogP contribution in [-0.2, 0) is 30.1 Å². The fourth-order valence-electron chi connectivity index (χ4n) is 3.48. The summed E-state index contributed by atoms with van der Waals surface area (Å²) >= 11 is 0. The van der Waals surface area contributed by atoms with Gasteiger partial charge in [0.05, 0.1) is 7.11 Å². The van der Waals surface area contributed by atoms with E-state index in [0.717, 1.165) is 23.9 Å². The van der Waals surface area contributed by atoms with Crippen molar-refractivity contribution >= 4 is 24.5 Å². The summed E-state index contributed by atoms with van der Waals surface area (Å²) in [5.41, 5.74) is 1.81. The molecule has 0 spiro atoms. The van der Waals surface area contributed by atoms with Crippen LogP contribution in [0.2, 0.25) is 0 Å². The van der Waals surface area contributed by atoms with Crippen LogP contribution < -0.4 is 10.8 Å². The molecule has 0 saturated heterocycles. The van der Waals surface area contributed by atoms with Crippen molar-refractivity contribution in [3.8, 4) is 0 Å². The molecule has 1 aliphatic rings. The van der Waals surface area contributed by atoms with Gasteiger partial charge in [-0.25, -0.2) is 4.79 Å². The van der Waals surface area contributed by atoms with Crippen LogP contribution in [0.25, 0.3) is 0 Å². The fourth-order valence-corrected chi connectivity index (χ4v) is 3.48. The van der Waals surface area contributed by atoms with Crippen molar-refractivity contribution in [1.29, 1.82) is 0 Å². The lowest BCUT2D eigenvalue weighted by atomic mass is 9.78. The Morgan fingerprint density at radius 2 is 1.73 bits per heavy atom. The Morgan fingerprint density at radius 1 is 1.12 bits per heavy atom. The molecule has 0 aromatic heterocycles. The molecule has 7 heteroatoms. The number of hydrogen-bond donors (Lipinski definition) is 1. The van der Waals surface area contributed by atoms with Gasteiger partial charge in [0.1, 0.15) is 6.04 Å². The van der Waals surface area contributed by atoms with E-state index >= 15 is 0 Å². The summed E-state index contributed by atoms with van der Waals surface area (Å²) in [7, 11) is 4.07. The monoisotopic (exact) mass is 361 g/mol. The number of nitrogens with one attached hydrogen (secondary N) is 1. The Kier molecular flexibility index (Phi) is 8.13. The maximum absolute atomic E-state index is 12.3. The predicted octanol–water partition coefficient (Wildman–Crippen LogP) is 1.46. The van der Waals surface area contributed by atoms with Gasteiger partial charge in [0.15, 0.2) is 0 Å². The zero-order valence-corrected chi connectivity index (χ0v) is 15.8. The maximum atomic E-state index is 12.3. The summed E-state index contributed by atoms with van der Waals surface area (Å²) in [6.07, 6.45) is 5.43. The lowest BCUT2D eigenvalue weighted by molar-refractivity contribution is -0.145. The lowest BCUT2D eigenvalue weighted by Gasteiger charge is -2.18. The standard InChI is InChI=1S/C19H28BNO5/c1-24-19(23)17(21-18(22)13-14-6-4-5-7-14)12-15-8-10-16(11-9-15)20(25-2)26-3/h8-11,14,17H,4-7,12-13H2,1-3H3,(H,21,22)/t17-/m1/s1. The number of hydrogen-bond acceptors (Lipinski definition) is 5. The number of ether oxygens (including phenoxy) is 1. The van der Waals surface area contributed by atoms with Gasteiger partial charge >= 0.3 is 13.1 Å². The van der Waals surface area contributed by atoms with E-state index in [-0.39, 0.29) is 5.91 Å². The van der Waals surface area contributed by atoms with E-state index in [1.165, 1.54) is 20.0 Å². The largest absolute Gasteiger partial charge is 0.493 e. The highest BCUT2D eigenvalue weighted by atomic mass is 16.6. The van der Waals surface area contributed by atoms with Crippen molar-refractivity contribution in [3.05, 3.63) is 29.8 Å². The second-order valence-electron chi connectivity index (χ2n) is 6.75. The van der Waals surface area contributed by atoms with Crippen molar-refractivity contribution in [2.24, 2.45) is 5.92 Å². The average Bonchev–Trinajstić information content (AvgIpc) is 3.15. The van der Waals surface area contributed by atoms with Crippen LogP contribution in [0.3, 0.4) is 0 Å². The quantitative estimate of drug-likeness (QED) is 0.533. The van der Waals surface area contributed by atoms with Gasteiger partial charge in [-0.05, 0) is 29.8 Å². The van der Waals surface area contributed by atoms with Gasteiger partial charge in [-0.15, -0.1) is 0 Å². The Bertz CT molecular complexity index is 582. The van der Waals surface area contributed by atoms with Crippen molar-refractivity contribution in [1.82, 2.24) is 5.32 Å². The molecule has 142 valence electrons. The first-order valence-electron chi connectivity index (χ1n) is 9.09. The minimum absolute atomic E-state index is 0.0808. The van der Waals surface area contributed by atoms with Gasteiger partial charge in [0, 0.05) is 27.1 Å². The van der Waals surface area contributed by atoms with E-state index in [2.05, 4.69) is 5.32 Å². The highest BCUT2D eigenvalue weighted by Crippen LogP contribution is 2.27. The summed E-state index contributed by atoms with van der Waals surface area (Å²) in [6.45, 7) is 0. The van der Waals surface area contributed by atoms with E-state index in [1.807, 2.05) is 24.3 Å². The third-order valence-corrected chi connectivity index (χ3v) is 4.89. The minimum Gasteiger partial charge on any atom is -0.467 e. The fraction of sp³-hybridized carbons (Fsp3) is 0.579. The highest BCUT2D eigenvalue weighted by Gasteiger charge is 2.25. The topological polar surface area (TPSA) is 73.9 Å². The summed E-state index contributed by atoms with van der Waals surface area (Å²) < 4.78 is 15.3. The summed E-state index contributed by atoms with van der Waals surface area (Å²) in [5.74, 6) is -0.0733. The number of carbonyl (C=O) groups is 2. The molecule has 1 N–H and O–H groups in total. The molecule has 0 unspecified atom stereocenters. The molecule has 2 rings (SSSR count). The average molecular weight is 361 g/mol. The van der Waals surface area contributed by atoms with E-state index < -0.39 is 19.1 Å². The zero-order valence-electron chi connectivity index (χ0n) is 15.8. The van der Waals surface area contributed by atoms with Crippen LogP contribution in [0.15, 0.2) is 24.3 Å². The van der Waals surface area contributed by atoms with Crippen LogP contribution in [0, 0.1) is 5.92 Å². The third-order valence-electron chi connectivity index (χ3n) is 4.89. The van der Waals surface area contributed by atoms with Crippen LogP contribution in [-0.4, -0.2) is 46.4 Å². The predicted molar refractivity (Wildman–Crippen MR) is 100 cm³/mol. The van der Waals surface area contributed by atoms with Gasteiger partial charge in [0.25, 0.3) is 0 Å². The molecule has 6 nitrogen and oxygen atoms in total. The molecule has 1 aliphatic carbocycles. The second-order valence-corrected chi connectivity index (χ2v) is 6.75. The van der Waals surface area contributed by atoms with Crippen molar-refractivity contribution in [3.63, 3.8) is 0 Å². The summed E-state index contributed by atoms with van der Waals surface area (Å²) in [6, 6.07) is 6.91. The molecule has 1 saturated carbocycles. The van der Waals surface area contributed by atoms with E-state index in [9.17, 15) is 9.59 Å². The number of rotatable bonds is 9. The minimum atomic E-state index is -0.680. The molecule has 1 fully saturated rings. The van der Waals surface area contributed by atoms with Gasteiger partial charge < -0.3 is 19.4 Å². The number of carbonyl (C=O) groups excluding carboxylic acids is 2. The van der Waals surface area contributed by atoms with Gasteiger partial charge in [-0.3, -0.25) is 4.79 Å². The van der Waals surface area contributed by atoms with Crippen LogP contribution in [0.5, 0.6) is 0 Å². The molecule has 1 amide bonds. The Morgan fingerprint density at radius 3 is 2.27 bits per heavy atom. The number of benzene rings is 1. The molecule has 1 aromatic carbocycles. The third kappa shape index (κ3) is 5.85. The Balaban J connectivity index is 1.98. The number of methoxy groups -OCH3 is 1. The van der Waals surface area contributed by atoms with Crippen LogP contribution >= 0.6 is 0 Å². The van der Waals surface area contributed by atoms with E-state index in [0.29, 0.717) is 18.8 Å². The molecule has 26 heavy (non-hydrogen) atoms.